The molecule has 0 rings (SSSR count). The monoisotopic (exact) mass is 97.1 g/mol. The maximum absolute atomic E-state index is 8.83. The second-order valence-electron chi connectivity index (χ2n) is 1.75. The Hall–Kier alpha value is -0.480. The van der Waals surface area contributed by atoms with Crippen molar-refractivity contribution in [2.75, 3.05) is 0 Å². The minimum Gasteiger partial charge on any atom is -0.378 e. The second-order valence-corrected chi connectivity index (χ2v) is 1.75. The Morgan fingerprint density at radius 1 is 1.86 bits per heavy atom. The normalized spacial score (nSPS) is 17.4. The molecule has 1 unspecified atom stereocenters. The lowest BCUT2D eigenvalue weighted by atomic mass is 10.1. The van der Waals surface area contributed by atoms with Crippen LogP contribution >= 0.6 is 0 Å². The molecule has 1 N–H and O–H groups in total. The Bertz CT molecular complexity index is 86.8. The van der Waals surface area contributed by atoms with Gasteiger partial charge in [-0.1, -0.05) is 12.8 Å². The van der Waals surface area contributed by atoms with Crippen molar-refractivity contribution in [1.29, 1.82) is 0 Å². The molecule has 0 aromatic carbocycles. The molecule has 0 fully saturated rings. The number of hydrogen-bond acceptors (Lipinski definition) is 1. The minimum atomic E-state index is -1.00. The zero-order valence-corrected chi connectivity index (χ0v) is 4.65. The molecule has 0 spiro atoms. The zero-order valence-electron chi connectivity index (χ0n) is 4.65. The van der Waals surface area contributed by atoms with E-state index in [0.717, 1.165) is 0 Å². The molecule has 7 heavy (non-hydrogen) atoms. The molecule has 0 saturated carbocycles. The van der Waals surface area contributed by atoms with Crippen LogP contribution in [0.1, 0.15) is 20.3 Å². The lowest BCUT2D eigenvalue weighted by Gasteiger charge is -2.10. The SMILES string of the molecule is [C]#CC(C)(O)CC. The summed E-state index contributed by atoms with van der Waals surface area (Å²) in [6.45, 7) is 3.36. The quantitative estimate of drug-likeness (QED) is 0.478. The molecule has 1 radical (unpaired) electrons. The highest BCUT2D eigenvalue weighted by Crippen LogP contribution is 2.03. The van der Waals surface area contributed by atoms with Crippen LogP contribution in [0.15, 0.2) is 0 Å². The summed E-state index contributed by atoms with van der Waals surface area (Å²) < 4.78 is 0. The maximum atomic E-state index is 8.83. The molecule has 1 nitrogen and oxygen atoms in total. The van der Waals surface area contributed by atoms with E-state index in [1.54, 1.807) is 6.92 Å². The summed E-state index contributed by atoms with van der Waals surface area (Å²) in [6.07, 6.45) is 7.06. The van der Waals surface area contributed by atoms with Crippen molar-refractivity contribution >= 4 is 0 Å². The third kappa shape index (κ3) is 2.24. The first-order valence-corrected chi connectivity index (χ1v) is 2.28. The fourth-order valence-electron chi connectivity index (χ4n) is 0.0884. The van der Waals surface area contributed by atoms with Gasteiger partial charge in [-0.05, 0) is 19.8 Å². The predicted molar refractivity (Wildman–Crippen MR) is 28.0 cm³/mol. The van der Waals surface area contributed by atoms with Gasteiger partial charge in [0.2, 0.25) is 0 Å². The summed E-state index contributed by atoms with van der Waals surface area (Å²) in [7, 11) is 0. The summed E-state index contributed by atoms with van der Waals surface area (Å²) in [4.78, 5) is 0. The molecule has 0 saturated heterocycles. The van der Waals surface area contributed by atoms with E-state index in [9.17, 15) is 0 Å². The van der Waals surface area contributed by atoms with Gasteiger partial charge < -0.3 is 5.11 Å². The van der Waals surface area contributed by atoms with Gasteiger partial charge in [0.05, 0.1) is 0 Å². The summed E-state index contributed by atoms with van der Waals surface area (Å²) in [5.74, 6) is 2.00. The van der Waals surface area contributed by atoms with Crippen LogP contribution in [0, 0.1) is 12.3 Å². The van der Waals surface area contributed by atoms with E-state index < -0.39 is 5.60 Å². The van der Waals surface area contributed by atoms with Gasteiger partial charge in [0.15, 0.2) is 0 Å². The number of aliphatic hydroxyl groups is 1. The van der Waals surface area contributed by atoms with Gasteiger partial charge in [-0.25, -0.2) is 0 Å². The van der Waals surface area contributed by atoms with Gasteiger partial charge in [-0.3, -0.25) is 0 Å². The Balaban J connectivity index is 3.66. The van der Waals surface area contributed by atoms with Crippen LogP contribution in [0.4, 0.5) is 0 Å². The molecule has 0 aliphatic heterocycles. The Kier molecular flexibility index (Phi) is 1.86. The van der Waals surface area contributed by atoms with Crippen LogP contribution in [0.5, 0.6) is 0 Å². The van der Waals surface area contributed by atoms with Crippen molar-refractivity contribution in [2.45, 2.75) is 25.9 Å². The molecule has 0 aromatic rings. The summed E-state index contributed by atoms with van der Waals surface area (Å²) >= 11 is 0. The van der Waals surface area contributed by atoms with E-state index in [-0.39, 0.29) is 0 Å². The zero-order chi connectivity index (χ0) is 5.91. The van der Waals surface area contributed by atoms with Gasteiger partial charge in [-0.15, -0.1) is 0 Å². The highest BCUT2D eigenvalue weighted by atomic mass is 16.3. The fourth-order valence-corrected chi connectivity index (χ4v) is 0.0884. The molecular formula is C6H9O. The Morgan fingerprint density at radius 2 is 2.29 bits per heavy atom. The molecule has 0 aliphatic rings. The molecule has 1 atom stereocenters. The third-order valence-electron chi connectivity index (χ3n) is 0.958. The molecule has 0 heterocycles. The molecule has 0 bridgehead atoms. The van der Waals surface area contributed by atoms with Crippen LogP contribution in [-0.4, -0.2) is 10.7 Å². The van der Waals surface area contributed by atoms with Crippen LogP contribution in [0.3, 0.4) is 0 Å². The fraction of sp³-hybridized carbons (Fsp3) is 0.667. The van der Waals surface area contributed by atoms with Crippen molar-refractivity contribution in [3.8, 4) is 5.92 Å². The van der Waals surface area contributed by atoms with Crippen molar-refractivity contribution < 1.29 is 5.11 Å². The summed E-state index contributed by atoms with van der Waals surface area (Å²) in [5, 5.41) is 8.83. The minimum absolute atomic E-state index is 0.552. The second kappa shape index (κ2) is 1.99. The van der Waals surface area contributed by atoms with Crippen molar-refractivity contribution in [3.63, 3.8) is 0 Å². The van der Waals surface area contributed by atoms with Gasteiger partial charge in [0.1, 0.15) is 5.60 Å². The molecular weight excluding hydrogens is 88.1 g/mol. The Morgan fingerprint density at radius 3 is 2.29 bits per heavy atom. The van der Waals surface area contributed by atoms with Crippen molar-refractivity contribution in [2.24, 2.45) is 0 Å². The van der Waals surface area contributed by atoms with E-state index in [1.807, 2.05) is 12.8 Å². The van der Waals surface area contributed by atoms with Gasteiger partial charge in [0.25, 0.3) is 0 Å². The average Bonchev–Trinajstić information content (AvgIpc) is 1.68. The molecule has 0 aliphatic carbocycles. The highest BCUT2D eigenvalue weighted by molar-refractivity contribution is 4.98. The van der Waals surface area contributed by atoms with E-state index in [0.29, 0.717) is 6.42 Å². The van der Waals surface area contributed by atoms with Crippen molar-refractivity contribution in [1.82, 2.24) is 0 Å². The van der Waals surface area contributed by atoms with E-state index in [4.69, 9.17) is 11.5 Å². The number of rotatable bonds is 1. The van der Waals surface area contributed by atoms with E-state index >= 15 is 0 Å². The smallest absolute Gasteiger partial charge is 0.123 e. The maximum Gasteiger partial charge on any atom is 0.123 e. The van der Waals surface area contributed by atoms with E-state index in [1.165, 1.54) is 0 Å². The molecule has 0 aromatic heterocycles. The average molecular weight is 97.1 g/mol. The molecule has 0 amide bonds. The van der Waals surface area contributed by atoms with Crippen LogP contribution in [0.2, 0.25) is 0 Å². The Labute approximate surface area is 44.4 Å². The largest absolute Gasteiger partial charge is 0.378 e. The van der Waals surface area contributed by atoms with Gasteiger partial charge in [-0.2, -0.15) is 0 Å². The topological polar surface area (TPSA) is 20.2 Å². The molecule has 39 valence electrons. The first kappa shape index (κ1) is 6.52. The van der Waals surface area contributed by atoms with E-state index in [2.05, 4.69) is 0 Å². The van der Waals surface area contributed by atoms with Gasteiger partial charge >= 0.3 is 0 Å². The van der Waals surface area contributed by atoms with Gasteiger partial charge in [0, 0.05) is 0 Å². The first-order valence-electron chi connectivity index (χ1n) is 2.28. The molecule has 1 heteroatoms. The summed E-state index contributed by atoms with van der Waals surface area (Å²) in [5.41, 5.74) is -1.00. The highest BCUT2D eigenvalue weighted by Gasteiger charge is 2.10. The third-order valence-corrected chi connectivity index (χ3v) is 0.958. The van der Waals surface area contributed by atoms with Crippen LogP contribution < -0.4 is 0 Å². The van der Waals surface area contributed by atoms with Crippen molar-refractivity contribution in [3.05, 3.63) is 6.42 Å². The lowest BCUT2D eigenvalue weighted by molar-refractivity contribution is 0.118. The standard InChI is InChI=1S/C6H9O/c1-4-6(3,7)5-2/h7H,4H2,1,3H3. The summed E-state index contributed by atoms with van der Waals surface area (Å²) in [6, 6.07) is 0. The predicted octanol–water partition coefficient (Wildman–Crippen LogP) is 0.737. The van der Waals surface area contributed by atoms with Crippen LogP contribution in [0.25, 0.3) is 0 Å². The van der Waals surface area contributed by atoms with Crippen LogP contribution in [-0.2, 0) is 0 Å². The first-order chi connectivity index (χ1) is 3.12. The number of hydrogen-bond donors (Lipinski definition) is 1. The lowest BCUT2D eigenvalue weighted by Crippen LogP contribution is -2.18.